The largest absolute Gasteiger partial charge is 0.394 e. The van der Waals surface area contributed by atoms with E-state index in [1.165, 1.54) is 0 Å². The minimum Gasteiger partial charge on any atom is -0.394 e. The third-order valence-corrected chi connectivity index (χ3v) is 5.88. The van der Waals surface area contributed by atoms with Gasteiger partial charge in [0.2, 0.25) is 0 Å². The van der Waals surface area contributed by atoms with Crippen LogP contribution in [0.1, 0.15) is 27.2 Å². The quantitative estimate of drug-likeness (QED) is 0.146. The van der Waals surface area contributed by atoms with E-state index in [9.17, 15) is 40.9 Å². The number of allylic oxidation sites excluding steroid dienone is 1. The van der Waals surface area contributed by atoms with E-state index in [1.807, 2.05) is 19.9 Å². The predicted octanol–water partition coefficient (Wildman–Crippen LogP) is -2.71. The summed E-state index contributed by atoms with van der Waals surface area (Å²) in [6.45, 7) is 4.44. The van der Waals surface area contributed by atoms with E-state index in [2.05, 4.69) is 0 Å². The summed E-state index contributed by atoms with van der Waals surface area (Å²) in [5.41, 5.74) is 1.72. The van der Waals surface area contributed by atoms with Crippen molar-refractivity contribution in [3.63, 3.8) is 0 Å². The first-order valence-electron chi connectivity index (χ1n) is 11.2. The Bertz CT molecular complexity index is 679. The minimum absolute atomic E-state index is 0.0530. The summed E-state index contributed by atoms with van der Waals surface area (Å²) in [6, 6.07) is 0. The average molecular weight is 495 g/mol. The van der Waals surface area contributed by atoms with Crippen LogP contribution in [0.2, 0.25) is 0 Å². The van der Waals surface area contributed by atoms with Crippen molar-refractivity contribution in [2.75, 3.05) is 19.8 Å². The Hall–Kier alpha value is -1.00. The van der Waals surface area contributed by atoms with Crippen molar-refractivity contribution in [2.45, 2.75) is 94.7 Å². The molecule has 0 spiro atoms. The molecule has 2 heterocycles. The molecule has 0 aromatic carbocycles. The molecule has 0 amide bonds. The SMILES string of the molecule is CC(C)=CC[C@@H](O)/C(C)=C/CO[C@@H]1O[C@H](CO[C@H]2O[C@H](CO)[C@@H](O)[C@H](O)[C@H]2O)[C@@H](O)[C@H](O)[C@H]1O. The molecule has 0 radical (unpaired) electrons. The lowest BCUT2D eigenvalue weighted by atomic mass is 9.98. The van der Waals surface area contributed by atoms with Gasteiger partial charge in [-0.2, -0.15) is 0 Å². The molecule has 2 saturated heterocycles. The first kappa shape index (κ1) is 29.2. The smallest absolute Gasteiger partial charge is 0.187 e. The number of aliphatic hydroxyl groups is 8. The first-order valence-corrected chi connectivity index (χ1v) is 11.2. The van der Waals surface area contributed by atoms with E-state index in [4.69, 9.17) is 18.9 Å². The maximum absolute atomic E-state index is 10.2. The molecule has 11 atom stereocenters. The fraction of sp³-hybridized carbons (Fsp3) is 0.818. The molecular weight excluding hydrogens is 456 g/mol. The minimum atomic E-state index is -1.65. The molecule has 12 heteroatoms. The van der Waals surface area contributed by atoms with Gasteiger partial charge in [0, 0.05) is 0 Å². The van der Waals surface area contributed by atoms with Gasteiger partial charge >= 0.3 is 0 Å². The number of rotatable bonds is 10. The normalized spacial score (nSPS) is 40.1. The van der Waals surface area contributed by atoms with Gasteiger partial charge in [-0.15, -0.1) is 0 Å². The van der Waals surface area contributed by atoms with Crippen molar-refractivity contribution in [3.05, 3.63) is 23.3 Å². The molecule has 0 unspecified atom stereocenters. The zero-order valence-corrected chi connectivity index (χ0v) is 19.5. The third kappa shape index (κ3) is 7.50. The monoisotopic (exact) mass is 494 g/mol. The molecule has 0 aromatic heterocycles. The summed E-state index contributed by atoms with van der Waals surface area (Å²) < 4.78 is 21.6. The molecule has 0 saturated carbocycles. The van der Waals surface area contributed by atoms with E-state index in [-0.39, 0.29) is 6.61 Å². The second kappa shape index (κ2) is 13.3. The number of hydrogen-bond acceptors (Lipinski definition) is 12. The van der Waals surface area contributed by atoms with E-state index >= 15 is 0 Å². The van der Waals surface area contributed by atoms with Crippen LogP contribution in [0.25, 0.3) is 0 Å². The van der Waals surface area contributed by atoms with Crippen LogP contribution in [0.5, 0.6) is 0 Å². The molecule has 2 rings (SSSR count). The van der Waals surface area contributed by atoms with E-state index in [1.54, 1.807) is 13.0 Å². The van der Waals surface area contributed by atoms with Gasteiger partial charge in [-0.05, 0) is 32.8 Å². The Labute approximate surface area is 198 Å². The molecule has 12 nitrogen and oxygen atoms in total. The Morgan fingerprint density at radius 1 is 0.765 bits per heavy atom. The third-order valence-electron chi connectivity index (χ3n) is 5.88. The lowest BCUT2D eigenvalue weighted by Crippen LogP contribution is -2.61. The van der Waals surface area contributed by atoms with Crippen LogP contribution >= 0.6 is 0 Å². The molecule has 2 aliphatic heterocycles. The summed E-state index contributed by atoms with van der Waals surface area (Å²) in [5.74, 6) is 0. The number of ether oxygens (including phenoxy) is 4. The topological polar surface area (TPSA) is 199 Å². The Balaban J connectivity index is 1.94. The van der Waals surface area contributed by atoms with Gasteiger partial charge in [-0.1, -0.05) is 17.7 Å². The Morgan fingerprint density at radius 2 is 1.29 bits per heavy atom. The van der Waals surface area contributed by atoms with Crippen LogP contribution < -0.4 is 0 Å². The van der Waals surface area contributed by atoms with Gasteiger partial charge in [-0.25, -0.2) is 0 Å². The molecule has 0 aromatic rings. The van der Waals surface area contributed by atoms with E-state index in [0.29, 0.717) is 12.0 Å². The Morgan fingerprint density at radius 3 is 1.85 bits per heavy atom. The van der Waals surface area contributed by atoms with Gasteiger partial charge in [-0.3, -0.25) is 0 Å². The predicted molar refractivity (Wildman–Crippen MR) is 116 cm³/mol. The molecule has 2 fully saturated rings. The Kier molecular flexibility index (Phi) is 11.5. The highest BCUT2D eigenvalue weighted by Gasteiger charge is 2.47. The van der Waals surface area contributed by atoms with Crippen molar-refractivity contribution >= 4 is 0 Å². The zero-order valence-electron chi connectivity index (χ0n) is 19.5. The van der Waals surface area contributed by atoms with Crippen LogP contribution in [0.4, 0.5) is 0 Å². The maximum atomic E-state index is 10.2. The summed E-state index contributed by atoms with van der Waals surface area (Å²) >= 11 is 0. The number of aliphatic hydroxyl groups excluding tert-OH is 8. The summed E-state index contributed by atoms with van der Waals surface area (Å²) in [7, 11) is 0. The second-order valence-electron chi connectivity index (χ2n) is 8.86. The molecule has 34 heavy (non-hydrogen) atoms. The van der Waals surface area contributed by atoms with E-state index < -0.39 is 80.7 Å². The molecule has 0 aliphatic carbocycles. The highest BCUT2D eigenvalue weighted by Crippen LogP contribution is 2.26. The summed E-state index contributed by atoms with van der Waals surface area (Å²) in [4.78, 5) is 0. The summed E-state index contributed by atoms with van der Waals surface area (Å²) in [6.07, 6.45) is -11.5. The first-order chi connectivity index (χ1) is 16.0. The zero-order chi connectivity index (χ0) is 25.6. The molecular formula is C22H38O12. The van der Waals surface area contributed by atoms with E-state index in [0.717, 1.165) is 5.57 Å². The molecule has 0 bridgehead atoms. The number of hydrogen-bond donors (Lipinski definition) is 8. The highest BCUT2D eigenvalue weighted by atomic mass is 16.7. The van der Waals surface area contributed by atoms with Crippen LogP contribution in [0, 0.1) is 0 Å². The molecule has 198 valence electrons. The van der Waals surface area contributed by atoms with Gasteiger partial charge in [0.05, 0.1) is 25.9 Å². The van der Waals surface area contributed by atoms with Crippen LogP contribution in [0.15, 0.2) is 23.3 Å². The van der Waals surface area contributed by atoms with Crippen molar-refractivity contribution in [1.29, 1.82) is 0 Å². The molecule has 8 N–H and O–H groups in total. The lowest BCUT2D eigenvalue weighted by molar-refractivity contribution is -0.330. The van der Waals surface area contributed by atoms with Crippen molar-refractivity contribution in [1.82, 2.24) is 0 Å². The van der Waals surface area contributed by atoms with Gasteiger partial charge in [0.15, 0.2) is 12.6 Å². The highest BCUT2D eigenvalue weighted by molar-refractivity contribution is 5.08. The van der Waals surface area contributed by atoms with Crippen LogP contribution in [-0.4, -0.2) is 128 Å². The standard InChI is InChI=1S/C22H38O12/c1-10(2)4-5-12(24)11(3)6-7-31-21-19(29)18(28)16(26)14(34-21)9-32-22-20(30)17(27)15(25)13(8-23)33-22/h4,6,12-30H,5,7-9H2,1-3H3/b11-6+/t12-,13-,14-,15-,16-,17+,18+,19-,20-,21-,22+/m1/s1. The van der Waals surface area contributed by atoms with Crippen molar-refractivity contribution < 1.29 is 59.8 Å². The maximum Gasteiger partial charge on any atom is 0.187 e. The fourth-order valence-electron chi connectivity index (χ4n) is 3.53. The van der Waals surface area contributed by atoms with Gasteiger partial charge in [0.1, 0.15) is 48.8 Å². The van der Waals surface area contributed by atoms with Crippen LogP contribution in [-0.2, 0) is 18.9 Å². The summed E-state index contributed by atoms with van der Waals surface area (Å²) in [5, 5.41) is 79.8. The average Bonchev–Trinajstić information content (AvgIpc) is 2.81. The van der Waals surface area contributed by atoms with Gasteiger partial charge in [0.25, 0.3) is 0 Å². The fourth-order valence-corrected chi connectivity index (χ4v) is 3.53. The van der Waals surface area contributed by atoms with Gasteiger partial charge < -0.3 is 59.8 Å². The second-order valence-corrected chi connectivity index (χ2v) is 8.86. The van der Waals surface area contributed by atoms with Crippen molar-refractivity contribution in [3.8, 4) is 0 Å². The van der Waals surface area contributed by atoms with Crippen molar-refractivity contribution in [2.24, 2.45) is 0 Å². The molecule has 2 aliphatic rings. The lowest BCUT2D eigenvalue weighted by Gasteiger charge is -2.42. The van der Waals surface area contributed by atoms with Crippen LogP contribution in [0.3, 0.4) is 0 Å².